The number of benzene rings is 1. The second-order valence-corrected chi connectivity index (χ2v) is 7.93. The average Bonchev–Trinajstić information content (AvgIpc) is 3.04. The number of hydrogen-bond acceptors (Lipinski definition) is 3. The molecule has 2 saturated heterocycles. The normalized spacial score (nSPS) is 22.6. The molecule has 0 unspecified atom stereocenters. The molecule has 2 aliphatic heterocycles. The Kier molecular flexibility index (Phi) is 6.00. The third-order valence-electron chi connectivity index (χ3n) is 5.06. The van der Waals surface area contributed by atoms with Crippen LogP contribution >= 0.6 is 15.9 Å². The van der Waals surface area contributed by atoms with Gasteiger partial charge in [0.2, 0.25) is 0 Å². The van der Waals surface area contributed by atoms with E-state index in [1.54, 1.807) is 0 Å². The zero-order chi connectivity index (χ0) is 16.9. The minimum absolute atomic E-state index is 0.00883. The van der Waals surface area contributed by atoms with E-state index in [2.05, 4.69) is 61.6 Å². The molecule has 0 spiro atoms. The van der Waals surface area contributed by atoms with Gasteiger partial charge in [0, 0.05) is 35.8 Å². The number of carbonyl (C=O) groups is 1. The van der Waals surface area contributed by atoms with E-state index < -0.39 is 0 Å². The highest BCUT2D eigenvalue weighted by atomic mass is 79.9. The molecule has 1 atom stereocenters. The highest BCUT2D eigenvalue weighted by Gasteiger charge is 2.24. The van der Waals surface area contributed by atoms with Crippen molar-refractivity contribution < 1.29 is 4.79 Å². The Balaban J connectivity index is 1.39. The lowest BCUT2D eigenvalue weighted by atomic mass is 10.1. The number of likely N-dealkylation sites (tertiary alicyclic amines) is 1. The van der Waals surface area contributed by atoms with E-state index in [9.17, 15) is 4.79 Å². The summed E-state index contributed by atoms with van der Waals surface area (Å²) in [6.07, 6.45) is 3.22. The number of carbonyl (C=O) groups excluding carboxylic acids is 1. The van der Waals surface area contributed by atoms with Crippen molar-refractivity contribution >= 4 is 27.6 Å². The molecule has 2 heterocycles. The van der Waals surface area contributed by atoms with Crippen LogP contribution in [0.1, 0.15) is 19.3 Å². The van der Waals surface area contributed by atoms with E-state index in [-0.39, 0.29) is 6.03 Å². The van der Waals surface area contributed by atoms with E-state index in [0.29, 0.717) is 12.0 Å². The van der Waals surface area contributed by atoms with Gasteiger partial charge in [0.25, 0.3) is 0 Å². The first-order valence-corrected chi connectivity index (χ1v) is 9.63. The van der Waals surface area contributed by atoms with Crippen LogP contribution in [0.25, 0.3) is 0 Å². The second-order valence-electron chi connectivity index (χ2n) is 7.01. The van der Waals surface area contributed by atoms with Crippen LogP contribution in [0.5, 0.6) is 0 Å². The maximum absolute atomic E-state index is 12.1. The molecule has 2 amide bonds. The summed E-state index contributed by atoms with van der Waals surface area (Å²) in [6.45, 7) is 4.94. The highest BCUT2D eigenvalue weighted by molar-refractivity contribution is 9.10. The number of piperidine rings is 1. The van der Waals surface area contributed by atoms with Crippen molar-refractivity contribution in [2.45, 2.75) is 25.3 Å². The van der Waals surface area contributed by atoms with Gasteiger partial charge in [-0.1, -0.05) is 22.0 Å². The van der Waals surface area contributed by atoms with Crippen molar-refractivity contribution in [3.63, 3.8) is 0 Å². The van der Waals surface area contributed by atoms with Gasteiger partial charge in [0.1, 0.15) is 0 Å². The molecule has 5 nitrogen and oxygen atoms in total. The molecule has 2 fully saturated rings. The number of amides is 2. The topological polar surface area (TPSA) is 47.6 Å². The Hall–Kier alpha value is -1.27. The van der Waals surface area contributed by atoms with E-state index in [1.165, 1.54) is 5.69 Å². The number of anilines is 1. The monoisotopic (exact) mass is 394 g/mol. The van der Waals surface area contributed by atoms with E-state index >= 15 is 0 Å². The van der Waals surface area contributed by atoms with Gasteiger partial charge in [0.15, 0.2) is 0 Å². The molecular weight excluding hydrogens is 368 g/mol. The average molecular weight is 395 g/mol. The molecule has 0 aliphatic carbocycles. The van der Waals surface area contributed by atoms with Crippen LogP contribution in [0.3, 0.4) is 0 Å². The summed E-state index contributed by atoms with van der Waals surface area (Å²) >= 11 is 3.53. The Morgan fingerprint density at radius 3 is 2.79 bits per heavy atom. The highest BCUT2D eigenvalue weighted by Crippen LogP contribution is 2.25. The Morgan fingerprint density at radius 2 is 2.04 bits per heavy atom. The molecule has 3 rings (SSSR count). The summed E-state index contributed by atoms with van der Waals surface area (Å²) in [5, 5.41) is 6.18. The SMILES string of the molecule is CN1CCC(NC(=O)NC[C@H]2CCN(c3cccc(Br)c3)C2)CC1. The lowest BCUT2D eigenvalue weighted by molar-refractivity contribution is 0.213. The number of nitrogens with zero attached hydrogens (tertiary/aromatic N) is 2. The molecule has 6 heteroatoms. The third kappa shape index (κ3) is 4.86. The van der Waals surface area contributed by atoms with E-state index in [4.69, 9.17) is 0 Å². The van der Waals surface area contributed by atoms with Gasteiger partial charge < -0.3 is 20.4 Å². The second kappa shape index (κ2) is 8.21. The minimum Gasteiger partial charge on any atom is -0.371 e. The largest absolute Gasteiger partial charge is 0.371 e. The summed E-state index contributed by atoms with van der Waals surface area (Å²) in [5.74, 6) is 0.521. The molecule has 0 bridgehead atoms. The molecule has 1 aromatic carbocycles. The fourth-order valence-corrected chi connectivity index (χ4v) is 3.92. The van der Waals surface area contributed by atoms with E-state index in [0.717, 1.165) is 56.5 Å². The molecule has 1 aromatic rings. The van der Waals surface area contributed by atoms with Crippen LogP contribution < -0.4 is 15.5 Å². The van der Waals surface area contributed by atoms with Gasteiger partial charge in [0.05, 0.1) is 0 Å². The van der Waals surface area contributed by atoms with Crippen LogP contribution in [0.2, 0.25) is 0 Å². The smallest absolute Gasteiger partial charge is 0.315 e. The summed E-state index contributed by atoms with van der Waals surface area (Å²) in [6, 6.07) is 8.73. The molecule has 0 aromatic heterocycles. The van der Waals surface area contributed by atoms with Gasteiger partial charge in [-0.05, 0) is 63.5 Å². The van der Waals surface area contributed by atoms with Crippen molar-refractivity contribution in [1.82, 2.24) is 15.5 Å². The van der Waals surface area contributed by atoms with Crippen LogP contribution in [0.4, 0.5) is 10.5 Å². The lowest BCUT2D eigenvalue weighted by Crippen LogP contribution is -2.48. The molecular formula is C18H27BrN4O. The lowest BCUT2D eigenvalue weighted by Gasteiger charge is -2.29. The molecule has 24 heavy (non-hydrogen) atoms. The van der Waals surface area contributed by atoms with Crippen molar-refractivity contribution in [1.29, 1.82) is 0 Å². The summed E-state index contributed by atoms with van der Waals surface area (Å²) < 4.78 is 1.11. The van der Waals surface area contributed by atoms with Gasteiger partial charge in [-0.2, -0.15) is 0 Å². The fourth-order valence-electron chi connectivity index (χ4n) is 3.53. The van der Waals surface area contributed by atoms with Crippen LogP contribution in [0, 0.1) is 5.92 Å². The molecule has 0 radical (unpaired) electrons. The van der Waals surface area contributed by atoms with Gasteiger partial charge in [-0.3, -0.25) is 0 Å². The van der Waals surface area contributed by atoms with Crippen molar-refractivity contribution in [2.75, 3.05) is 44.7 Å². The van der Waals surface area contributed by atoms with Crippen molar-refractivity contribution in [3.8, 4) is 0 Å². The number of urea groups is 1. The Labute approximate surface area is 152 Å². The van der Waals surface area contributed by atoms with Gasteiger partial charge in [-0.15, -0.1) is 0 Å². The molecule has 132 valence electrons. The predicted molar refractivity (Wildman–Crippen MR) is 102 cm³/mol. The maximum Gasteiger partial charge on any atom is 0.315 e. The fraction of sp³-hybridized carbons (Fsp3) is 0.611. The predicted octanol–water partition coefficient (Wildman–Crippen LogP) is 2.67. The summed E-state index contributed by atoms with van der Waals surface area (Å²) in [5.41, 5.74) is 1.25. The number of rotatable bonds is 4. The first-order chi connectivity index (χ1) is 11.6. The van der Waals surface area contributed by atoms with Gasteiger partial charge >= 0.3 is 6.03 Å². The minimum atomic E-state index is -0.00883. The van der Waals surface area contributed by atoms with Gasteiger partial charge in [-0.25, -0.2) is 4.79 Å². The standard InChI is InChI=1S/C18H27BrN4O/c1-22-8-6-16(7-9-22)21-18(24)20-12-14-5-10-23(13-14)17-4-2-3-15(19)11-17/h2-4,11,14,16H,5-10,12-13H2,1H3,(H2,20,21,24)/t14-/m1/s1. The number of halogens is 1. The first kappa shape index (κ1) is 17.5. The summed E-state index contributed by atoms with van der Waals surface area (Å²) in [4.78, 5) is 16.8. The van der Waals surface area contributed by atoms with Crippen LogP contribution in [-0.4, -0.2) is 56.7 Å². The van der Waals surface area contributed by atoms with Crippen molar-refractivity contribution in [3.05, 3.63) is 28.7 Å². The quantitative estimate of drug-likeness (QED) is 0.824. The zero-order valence-corrected chi connectivity index (χ0v) is 15.9. The number of hydrogen-bond donors (Lipinski definition) is 2. The third-order valence-corrected chi connectivity index (χ3v) is 5.56. The van der Waals surface area contributed by atoms with Crippen LogP contribution in [0.15, 0.2) is 28.7 Å². The number of nitrogens with one attached hydrogen (secondary N) is 2. The molecule has 2 aliphatic rings. The first-order valence-electron chi connectivity index (χ1n) is 8.83. The van der Waals surface area contributed by atoms with Crippen molar-refractivity contribution in [2.24, 2.45) is 5.92 Å². The van der Waals surface area contributed by atoms with E-state index in [1.807, 2.05) is 6.07 Å². The zero-order valence-electron chi connectivity index (χ0n) is 14.3. The van der Waals surface area contributed by atoms with Crippen LogP contribution in [-0.2, 0) is 0 Å². The Bertz CT molecular complexity index is 560. The maximum atomic E-state index is 12.1. The molecule has 0 saturated carbocycles. The Morgan fingerprint density at radius 1 is 1.25 bits per heavy atom. The summed E-state index contributed by atoms with van der Waals surface area (Å²) in [7, 11) is 2.13. The molecule has 2 N–H and O–H groups in total.